The van der Waals surface area contributed by atoms with Crippen molar-refractivity contribution in [2.45, 2.75) is 20.8 Å². The first-order valence-corrected chi connectivity index (χ1v) is 8.26. The van der Waals surface area contributed by atoms with Crippen LogP contribution in [0.1, 0.15) is 38.9 Å². The summed E-state index contributed by atoms with van der Waals surface area (Å²) < 4.78 is 5.13. The van der Waals surface area contributed by atoms with E-state index in [0.29, 0.717) is 23.4 Å². The van der Waals surface area contributed by atoms with E-state index in [1.54, 1.807) is 6.92 Å². The number of aryl methyl sites for hydroxylation is 2. The van der Waals surface area contributed by atoms with Gasteiger partial charge in [-0.05, 0) is 38.0 Å². The van der Waals surface area contributed by atoms with Crippen LogP contribution < -0.4 is 0 Å². The van der Waals surface area contributed by atoms with Crippen molar-refractivity contribution in [3.63, 3.8) is 0 Å². The standard InChI is InChI=1S/C20H18N2O3/c1-4-25-20(24)18-11(3)15-10(2)17-16(13(9-23)19(15)22-18)12-7-5-6-8-14(12)21-17/h5-9,21-22H,4H2,1-3H3. The van der Waals surface area contributed by atoms with Crippen molar-refractivity contribution in [2.75, 3.05) is 6.61 Å². The second-order valence-corrected chi connectivity index (χ2v) is 6.17. The number of carbonyl (C=O) groups is 2. The van der Waals surface area contributed by atoms with Gasteiger partial charge in [-0.1, -0.05) is 18.2 Å². The molecule has 2 N–H and O–H groups in total. The number of hydrogen-bond acceptors (Lipinski definition) is 3. The predicted molar refractivity (Wildman–Crippen MR) is 98.5 cm³/mol. The highest BCUT2D eigenvalue weighted by Gasteiger charge is 2.23. The molecule has 126 valence electrons. The van der Waals surface area contributed by atoms with E-state index >= 15 is 0 Å². The summed E-state index contributed by atoms with van der Waals surface area (Å²) in [5.74, 6) is -0.402. The summed E-state index contributed by atoms with van der Waals surface area (Å²) in [5.41, 5.74) is 5.37. The van der Waals surface area contributed by atoms with Crippen LogP contribution in [0.3, 0.4) is 0 Å². The lowest BCUT2D eigenvalue weighted by Crippen LogP contribution is -2.06. The topological polar surface area (TPSA) is 75.0 Å². The molecule has 2 aromatic heterocycles. The van der Waals surface area contributed by atoms with Crippen LogP contribution in [0.5, 0.6) is 0 Å². The summed E-state index contributed by atoms with van der Waals surface area (Å²) in [7, 11) is 0. The molecule has 5 heteroatoms. The fourth-order valence-electron chi connectivity index (χ4n) is 3.74. The maximum absolute atomic E-state index is 12.2. The fraction of sp³-hybridized carbons (Fsp3) is 0.200. The van der Waals surface area contributed by atoms with Crippen molar-refractivity contribution in [1.82, 2.24) is 9.97 Å². The van der Waals surface area contributed by atoms with Crippen molar-refractivity contribution < 1.29 is 14.3 Å². The van der Waals surface area contributed by atoms with Gasteiger partial charge in [0.15, 0.2) is 6.29 Å². The third-order valence-electron chi connectivity index (χ3n) is 4.84. The van der Waals surface area contributed by atoms with Crippen LogP contribution in [0.2, 0.25) is 0 Å². The van der Waals surface area contributed by atoms with Gasteiger partial charge in [0.25, 0.3) is 0 Å². The molecule has 4 aromatic rings. The highest BCUT2D eigenvalue weighted by Crippen LogP contribution is 2.38. The molecule has 2 heterocycles. The van der Waals surface area contributed by atoms with Crippen molar-refractivity contribution >= 4 is 45.0 Å². The summed E-state index contributed by atoms with van der Waals surface area (Å²) >= 11 is 0. The zero-order valence-corrected chi connectivity index (χ0v) is 14.3. The van der Waals surface area contributed by atoms with Gasteiger partial charge < -0.3 is 14.7 Å². The Labute approximate surface area is 144 Å². The molecule has 0 atom stereocenters. The Morgan fingerprint density at radius 1 is 1.08 bits per heavy atom. The van der Waals surface area contributed by atoms with Crippen molar-refractivity contribution in [3.8, 4) is 0 Å². The number of carbonyl (C=O) groups excluding carboxylic acids is 2. The minimum absolute atomic E-state index is 0.304. The first-order chi connectivity index (χ1) is 12.1. The lowest BCUT2D eigenvalue weighted by molar-refractivity contribution is 0.0519. The number of benzene rings is 2. The van der Waals surface area contributed by atoms with Gasteiger partial charge >= 0.3 is 5.97 Å². The number of fused-ring (bicyclic) bond motifs is 4. The Hall–Kier alpha value is -3.08. The Morgan fingerprint density at radius 3 is 2.56 bits per heavy atom. The minimum atomic E-state index is -0.402. The van der Waals surface area contributed by atoms with Gasteiger partial charge in [-0.15, -0.1) is 0 Å². The van der Waals surface area contributed by atoms with Crippen molar-refractivity contribution in [3.05, 3.63) is 46.6 Å². The number of rotatable bonds is 3. The number of aldehydes is 1. The Kier molecular flexibility index (Phi) is 3.39. The van der Waals surface area contributed by atoms with E-state index in [1.807, 2.05) is 38.1 Å². The second kappa shape index (κ2) is 5.48. The molecule has 0 saturated heterocycles. The summed E-state index contributed by atoms with van der Waals surface area (Å²) in [4.78, 5) is 30.7. The first-order valence-electron chi connectivity index (χ1n) is 8.26. The molecular weight excluding hydrogens is 316 g/mol. The van der Waals surface area contributed by atoms with Crippen LogP contribution in [0.15, 0.2) is 24.3 Å². The SMILES string of the molecule is CCOC(=O)c1[nH]c2c(C=O)c3c([nH]c4ccccc43)c(C)c2c1C. The molecule has 0 aliphatic carbocycles. The van der Waals surface area contributed by atoms with E-state index in [4.69, 9.17) is 4.74 Å². The lowest BCUT2D eigenvalue weighted by Gasteiger charge is -2.05. The quantitative estimate of drug-likeness (QED) is 0.430. The van der Waals surface area contributed by atoms with Gasteiger partial charge in [0.2, 0.25) is 0 Å². The van der Waals surface area contributed by atoms with Crippen LogP contribution in [-0.2, 0) is 4.74 Å². The summed E-state index contributed by atoms with van der Waals surface area (Å²) in [6, 6.07) is 7.90. The highest BCUT2D eigenvalue weighted by molar-refractivity contribution is 6.23. The Bertz CT molecular complexity index is 1160. The van der Waals surface area contributed by atoms with Crippen LogP contribution >= 0.6 is 0 Å². The molecule has 0 bridgehead atoms. The van der Waals surface area contributed by atoms with Gasteiger partial charge in [0, 0.05) is 27.2 Å². The first kappa shape index (κ1) is 15.4. The lowest BCUT2D eigenvalue weighted by atomic mass is 9.98. The van der Waals surface area contributed by atoms with Gasteiger partial charge in [0.05, 0.1) is 17.6 Å². The van der Waals surface area contributed by atoms with Crippen LogP contribution in [-0.4, -0.2) is 28.8 Å². The largest absolute Gasteiger partial charge is 0.461 e. The average molecular weight is 334 g/mol. The number of ether oxygens (including phenoxy) is 1. The maximum atomic E-state index is 12.2. The van der Waals surface area contributed by atoms with Crippen molar-refractivity contribution in [2.24, 2.45) is 0 Å². The summed E-state index contributed by atoms with van der Waals surface area (Å²) in [6.07, 6.45) is 0.856. The molecule has 4 rings (SSSR count). The molecular formula is C20H18N2O3. The fourth-order valence-corrected chi connectivity index (χ4v) is 3.74. The smallest absolute Gasteiger partial charge is 0.355 e. The second-order valence-electron chi connectivity index (χ2n) is 6.17. The highest BCUT2D eigenvalue weighted by atomic mass is 16.5. The Morgan fingerprint density at radius 2 is 1.84 bits per heavy atom. The number of aromatic nitrogens is 2. The molecule has 2 aromatic carbocycles. The van der Waals surface area contributed by atoms with E-state index in [2.05, 4.69) is 9.97 Å². The number of nitrogens with one attached hydrogen (secondary N) is 2. The van der Waals surface area contributed by atoms with E-state index in [1.165, 1.54) is 0 Å². The molecule has 25 heavy (non-hydrogen) atoms. The van der Waals surface area contributed by atoms with Crippen LogP contribution in [0.4, 0.5) is 0 Å². The monoisotopic (exact) mass is 334 g/mol. The third-order valence-corrected chi connectivity index (χ3v) is 4.84. The van der Waals surface area contributed by atoms with Crippen LogP contribution in [0, 0.1) is 13.8 Å². The van der Waals surface area contributed by atoms with Gasteiger partial charge in [-0.25, -0.2) is 4.79 Å². The third kappa shape index (κ3) is 2.02. The molecule has 0 unspecified atom stereocenters. The summed E-state index contributed by atoms with van der Waals surface area (Å²) in [6.45, 7) is 5.96. The number of H-pyrrole nitrogens is 2. The number of aromatic amines is 2. The number of hydrogen-bond donors (Lipinski definition) is 2. The van der Waals surface area contributed by atoms with E-state index in [0.717, 1.165) is 44.6 Å². The number of esters is 1. The molecule has 0 fully saturated rings. The normalized spacial score (nSPS) is 11.5. The van der Waals surface area contributed by atoms with Gasteiger partial charge in [0.1, 0.15) is 5.69 Å². The van der Waals surface area contributed by atoms with E-state index in [9.17, 15) is 9.59 Å². The van der Waals surface area contributed by atoms with Crippen LogP contribution in [0.25, 0.3) is 32.7 Å². The zero-order valence-electron chi connectivity index (χ0n) is 14.3. The van der Waals surface area contributed by atoms with Gasteiger partial charge in [-0.2, -0.15) is 0 Å². The maximum Gasteiger partial charge on any atom is 0.355 e. The molecule has 0 saturated carbocycles. The predicted octanol–water partition coefficient (Wildman–Crippen LogP) is 4.41. The molecule has 0 spiro atoms. The molecule has 5 nitrogen and oxygen atoms in total. The number of para-hydroxylation sites is 1. The van der Waals surface area contributed by atoms with Crippen molar-refractivity contribution in [1.29, 1.82) is 0 Å². The molecule has 0 aliphatic rings. The average Bonchev–Trinajstić information content (AvgIpc) is 3.15. The summed E-state index contributed by atoms with van der Waals surface area (Å²) in [5, 5.41) is 2.77. The molecule has 0 amide bonds. The van der Waals surface area contributed by atoms with E-state index < -0.39 is 5.97 Å². The minimum Gasteiger partial charge on any atom is -0.461 e. The van der Waals surface area contributed by atoms with E-state index in [-0.39, 0.29) is 0 Å². The Balaban J connectivity index is 2.20. The van der Waals surface area contributed by atoms with Gasteiger partial charge in [-0.3, -0.25) is 4.79 Å². The molecule has 0 aliphatic heterocycles. The molecule has 0 radical (unpaired) electrons. The zero-order chi connectivity index (χ0) is 17.7.